The van der Waals surface area contributed by atoms with Crippen LogP contribution in [0.3, 0.4) is 0 Å². The molecule has 13 N–H and O–H groups in total. The van der Waals surface area contributed by atoms with Crippen LogP contribution >= 0.6 is 0 Å². The maximum atomic E-state index is 8.11. The second kappa shape index (κ2) is 10600. The van der Waals surface area contributed by atoms with E-state index < -0.39 is 0 Å². The number of hydrogen-bond donors (Lipinski definition) is 1. The van der Waals surface area contributed by atoms with Gasteiger partial charge in [0.15, 0.2) is 5.34 Å². The zero-order chi connectivity index (χ0) is 2.71. The van der Waals surface area contributed by atoms with Crippen molar-refractivity contribution in [2.75, 3.05) is 0 Å². The van der Waals surface area contributed by atoms with Crippen molar-refractivity contribution in [2.24, 2.45) is 5.34 Å². The molecule has 0 spiro atoms. The van der Waals surface area contributed by atoms with E-state index in [1.165, 1.54) is 5.34 Å². The van der Waals surface area contributed by atoms with Gasteiger partial charge in [0.2, 0.25) is 0 Å². The zero-order valence-electron chi connectivity index (χ0n) is 4.30. The second-order valence-electron chi connectivity index (χ2n) is 0.0816. The van der Waals surface area contributed by atoms with Gasteiger partial charge in [0.05, 0.1) is 0 Å². The summed E-state index contributed by atoms with van der Waals surface area (Å²) in [4.78, 5) is 8.11. The highest BCUT2D eigenvalue weighted by molar-refractivity contribution is 3.83. The molecule has 0 aromatic carbocycles. The molecule has 9 heavy (non-hydrogen) atoms. The number of rotatable bonds is 0. The highest BCUT2D eigenvalue weighted by atomic mass is 16.6. The van der Waals surface area contributed by atoms with E-state index >= 15 is 0 Å². The maximum absolute atomic E-state index is 8.11. The Morgan fingerprint density at radius 1 is 0.778 bits per heavy atom. The predicted molar refractivity (Wildman–Crippen MR) is 29.3 cm³/mol. The lowest BCUT2D eigenvalue weighted by molar-refractivity contribution is 0.312. The molecule has 0 amide bonds. The summed E-state index contributed by atoms with van der Waals surface area (Å²) >= 11 is 0. The molecule has 0 aliphatic rings. The summed E-state index contributed by atoms with van der Waals surface area (Å²) in [5.74, 6) is 0. The van der Waals surface area contributed by atoms with E-state index in [0.717, 1.165) is 0 Å². The van der Waals surface area contributed by atoms with Crippen LogP contribution in [0.4, 0.5) is 0 Å². The summed E-state index contributed by atoms with van der Waals surface area (Å²) in [5.41, 5.74) is 0. The molecule has 9 nitrogen and oxygen atoms in total. The summed E-state index contributed by atoms with van der Waals surface area (Å²) in [7, 11) is 0. The van der Waals surface area contributed by atoms with Gasteiger partial charge in [-0.3, -0.25) is 0 Å². The normalized spacial score (nSPS) is 1.33. The Morgan fingerprint density at radius 2 is 0.778 bits per heavy atom. The Labute approximate surface area is 49.7 Å². The van der Waals surface area contributed by atoms with Crippen LogP contribution in [0, 0.1) is 4.91 Å². The third kappa shape index (κ3) is 270. The van der Waals surface area contributed by atoms with E-state index in [1.807, 2.05) is 0 Å². The standard InChI is InChI=1S/HNO2.6H2O/c2-1-3;;;;;;/h(H,2,3);6*1H2. The first-order valence-corrected chi connectivity index (χ1v) is 0.383. The van der Waals surface area contributed by atoms with Gasteiger partial charge in [0, 0.05) is 0 Å². The largest absolute Gasteiger partial charge is 0.412 e. The van der Waals surface area contributed by atoms with Gasteiger partial charge in [-0.15, -0.1) is 4.91 Å². The molecule has 0 saturated carbocycles. The summed E-state index contributed by atoms with van der Waals surface area (Å²) in [6.07, 6.45) is 0. The first kappa shape index (κ1) is 311. The molecule has 0 fully saturated rings. The van der Waals surface area contributed by atoms with Crippen molar-refractivity contribution in [1.82, 2.24) is 0 Å². The van der Waals surface area contributed by atoms with Gasteiger partial charge in [-0.1, -0.05) is 0 Å². The SMILES string of the molecule is O.O.O.O.O.O.O=NO. The number of nitrogens with zero attached hydrogens (tertiary/aromatic N) is 1. The van der Waals surface area contributed by atoms with Crippen molar-refractivity contribution in [3.8, 4) is 0 Å². The van der Waals surface area contributed by atoms with Crippen LogP contribution in [0.15, 0.2) is 5.34 Å². The Morgan fingerprint density at radius 3 is 0.778 bits per heavy atom. The van der Waals surface area contributed by atoms with Crippen molar-refractivity contribution < 1.29 is 38.1 Å². The van der Waals surface area contributed by atoms with E-state index in [2.05, 4.69) is 0 Å². The van der Waals surface area contributed by atoms with E-state index in [1.54, 1.807) is 0 Å². The second-order valence-corrected chi connectivity index (χ2v) is 0.0816. The Hall–Kier alpha value is -0.840. The van der Waals surface area contributed by atoms with Gasteiger partial charge in [0.25, 0.3) is 0 Å². The van der Waals surface area contributed by atoms with Crippen molar-refractivity contribution in [1.29, 1.82) is 0 Å². The minimum Gasteiger partial charge on any atom is -0.412 e. The lowest BCUT2D eigenvalue weighted by Gasteiger charge is -1.32. The van der Waals surface area contributed by atoms with Gasteiger partial charge < -0.3 is 38.1 Å². The fraction of sp³-hybridized carbons (Fsp3) is 0. The molecule has 0 aromatic heterocycles. The fourth-order valence-electron chi connectivity index (χ4n) is 0. The molecule has 0 unspecified atom stereocenters. The molecule has 0 aliphatic carbocycles. The lowest BCUT2D eigenvalue weighted by atomic mass is 13.4. The van der Waals surface area contributed by atoms with Gasteiger partial charge in [-0.05, 0) is 0 Å². The van der Waals surface area contributed by atoms with Crippen molar-refractivity contribution >= 4 is 0 Å². The van der Waals surface area contributed by atoms with Crippen LogP contribution in [-0.2, 0) is 0 Å². The molecule has 0 bridgehead atoms. The summed E-state index contributed by atoms with van der Waals surface area (Å²) in [5, 5.41) is 7.89. The van der Waals surface area contributed by atoms with Crippen molar-refractivity contribution in [3.63, 3.8) is 0 Å². The molecular formula is H13NO8. The van der Waals surface area contributed by atoms with Gasteiger partial charge in [-0.25, -0.2) is 0 Å². The minimum atomic E-state index is 0. The third-order valence-electron chi connectivity index (χ3n) is 0. The van der Waals surface area contributed by atoms with Crippen molar-refractivity contribution in [3.05, 3.63) is 4.91 Å². The molecule has 0 aromatic rings. The molecule has 0 saturated heterocycles. The molecule has 9 heteroatoms. The average molecular weight is 155 g/mol. The van der Waals surface area contributed by atoms with E-state index in [0.29, 0.717) is 0 Å². The highest BCUT2D eigenvalue weighted by Crippen LogP contribution is 1.25. The van der Waals surface area contributed by atoms with Crippen LogP contribution in [-0.4, -0.2) is 38.1 Å². The van der Waals surface area contributed by atoms with Gasteiger partial charge in [-0.2, -0.15) is 0 Å². The molecule has 66 valence electrons. The van der Waals surface area contributed by atoms with Crippen LogP contribution in [0.25, 0.3) is 0 Å². The van der Waals surface area contributed by atoms with Gasteiger partial charge in [0.1, 0.15) is 0 Å². The summed E-state index contributed by atoms with van der Waals surface area (Å²) in [6.45, 7) is 0. The van der Waals surface area contributed by atoms with E-state index in [4.69, 9.17) is 10.1 Å². The summed E-state index contributed by atoms with van der Waals surface area (Å²) < 4.78 is 0. The number of hydrogen-bond acceptors (Lipinski definition) is 2. The predicted octanol–water partition coefficient (Wildman–Crippen LogP) is -4.81. The fourth-order valence-corrected chi connectivity index (χ4v) is 0. The molecule has 0 heterocycles. The van der Waals surface area contributed by atoms with Crippen LogP contribution in [0.5, 0.6) is 0 Å². The minimum absolute atomic E-state index is 0. The van der Waals surface area contributed by atoms with Crippen molar-refractivity contribution in [2.45, 2.75) is 0 Å². The molecular weight excluding hydrogens is 142 g/mol. The van der Waals surface area contributed by atoms with Crippen LogP contribution < -0.4 is 0 Å². The summed E-state index contributed by atoms with van der Waals surface area (Å²) in [6, 6.07) is 0. The third-order valence-corrected chi connectivity index (χ3v) is 0. The van der Waals surface area contributed by atoms with Crippen LogP contribution in [0.1, 0.15) is 0 Å². The van der Waals surface area contributed by atoms with Crippen LogP contribution in [0.2, 0.25) is 0 Å². The molecule has 0 rings (SSSR count). The maximum Gasteiger partial charge on any atom is 0.152 e. The lowest BCUT2D eigenvalue weighted by Crippen LogP contribution is -1.25. The quantitative estimate of drug-likeness (QED) is 0.267. The van der Waals surface area contributed by atoms with E-state index in [9.17, 15) is 0 Å². The average Bonchev–Trinajstić information content (AvgIpc) is 0.918. The van der Waals surface area contributed by atoms with Gasteiger partial charge >= 0.3 is 0 Å². The zero-order valence-corrected chi connectivity index (χ0v) is 4.30. The Balaban J connectivity index is -0.00000000133. The highest BCUT2D eigenvalue weighted by Gasteiger charge is 1.18. The first-order valence-electron chi connectivity index (χ1n) is 0.383. The smallest absolute Gasteiger partial charge is 0.152 e. The van der Waals surface area contributed by atoms with E-state index in [-0.39, 0.29) is 32.9 Å². The Bertz CT molecular complexity index is 12.0. The Kier molecular flexibility index (Phi) is 367000. The molecule has 0 aliphatic heterocycles. The first-order chi connectivity index (χ1) is 1.41. The topological polar surface area (TPSA) is 239 Å². The molecule has 0 atom stereocenters. The monoisotopic (exact) mass is 155 g/mol. The molecule has 0 radical (unpaired) electrons.